The van der Waals surface area contributed by atoms with Crippen molar-refractivity contribution in [1.82, 2.24) is 5.32 Å². The average molecular weight is 116 g/mol. The average Bonchev–Trinajstić information content (AvgIpc) is 1.81. The molecule has 1 N–H and O–H groups in total. The van der Waals surface area contributed by atoms with Crippen LogP contribution in [-0.2, 0) is 4.74 Å². The van der Waals surface area contributed by atoms with Gasteiger partial charge in [0.15, 0.2) is 0 Å². The van der Waals surface area contributed by atoms with E-state index in [0.29, 0.717) is 0 Å². The van der Waals surface area contributed by atoms with Gasteiger partial charge in [-0.1, -0.05) is 6.92 Å². The molecule has 2 heteroatoms. The first kappa shape index (κ1) is 7.92. The van der Waals surface area contributed by atoms with Gasteiger partial charge in [0.05, 0.1) is 6.61 Å². The van der Waals surface area contributed by atoms with Crippen LogP contribution in [0, 0.1) is 6.42 Å². The molecule has 1 radical (unpaired) electrons. The zero-order valence-corrected chi connectivity index (χ0v) is 5.61. The third-order valence-electron chi connectivity index (χ3n) is 0.831. The molecule has 0 fully saturated rings. The van der Waals surface area contributed by atoms with Gasteiger partial charge in [-0.3, -0.25) is 0 Å². The Morgan fingerprint density at radius 1 is 1.62 bits per heavy atom. The summed E-state index contributed by atoms with van der Waals surface area (Å²) in [6.45, 7) is 4.75. The second kappa shape index (κ2) is 6.92. The van der Waals surface area contributed by atoms with Crippen LogP contribution in [0.2, 0.25) is 0 Å². The molecule has 0 heterocycles. The standard InChI is InChI=1S/C6H14NO/c1-3-4-7-5-6-8-2/h3,7H,4-6H2,1-2H3. The largest absolute Gasteiger partial charge is 0.383 e. The summed E-state index contributed by atoms with van der Waals surface area (Å²) in [5.74, 6) is 0. The molecule has 0 aliphatic carbocycles. The van der Waals surface area contributed by atoms with Gasteiger partial charge in [0, 0.05) is 13.7 Å². The lowest BCUT2D eigenvalue weighted by Crippen LogP contribution is -2.19. The Hall–Kier alpha value is -0.0800. The van der Waals surface area contributed by atoms with Crippen molar-refractivity contribution in [2.75, 3.05) is 26.8 Å². The molecule has 0 amide bonds. The van der Waals surface area contributed by atoms with E-state index in [4.69, 9.17) is 4.74 Å². The first-order chi connectivity index (χ1) is 3.91. The summed E-state index contributed by atoms with van der Waals surface area (Å²) < 4.78 is 4.81. The fourth-order valence-electron chi connectivity index (χ4n) is 0.421. The van der Waals surface area contributed by atoms with Gasteiger partial charge >= 0.3 is 0 Å². The summed E-state index contributed by atoms with van der Waals surface area (Å²) in [6, 6.07) is 0. The maximum absolute atomic E-state index is 4.81. The maximum Gasteiger partial charge on any atom is 0.0587 e. The first-order valence-electron chi connectivity index (χ1n) is 2.89. The summed E-state index contributed by atoms with van der Waals surface area (Å²) in [5, 5.41) is 3.16. The van der Waals surface area contributed by atoms with Crippen molar-refractivity contribution < 1.29 is 4.74 Å². The van der Waals surface area contributed by atoms with Crippen LogP contribution in [0.15, 0.2) is 0 Å². The van der Waals surface area contributed by atoms with Crippen molar-refractivity contribution in [2.45, 2.75) is 6.92 Å². The van der Waals surface area contributed by atoms with Crippen molar-refractivity contribution in [3.05, 3.63) is 6.42 Å². The number of rotatable bonds is 5. The van der Waals surface area contributed by atoms with E-state index in [-0.39, 0.29) is 0 Å². The highest BCUT2D eigenvalue weighted by atomic mass is 16.5. The van der Waals surface area contributed by atoms with Gasteiger partial charge < -0.3 is 10.1 Å². The Morgan fingerprint density at radius 2 is 2.38 bits per heavy atom. The second-order valence-electron chi connectivity index (χ2n) is 1.61. The van der Waals surface area contributed by atoms with Crippen molar-refractivity contribution >= 4 is 0 Å². The fraction of sp³-hybridized carbons (Fsp3) is 0.833. The molecule has 0 aromatic heterocycles. The van der Waals surface area contributed by atoms with Gasteiger partial charge in [-0.05, 0) is 13.0 Å². The third-order valence-corrected chi connectivity index (χ3v) is 0.831. The lowest BCUT2D eigenvalue weighted by molar-refractivity contribution is 0.200. The number of nitrogens with one attached hydrogen (secondary N) is 1. The number of ether oxygens (including phenoxy) is 1. The van der Waals surface area contributed by atoms with E-state index in [1.165, 1.54) is 0 Å². The van der Waals surface area contributed by atoms with Crippen molar-refractivity contribution in [3.8, 4) is 0 Å². The van der Waals surface area contributed by atoms with Gasteiger partial charge in [0.25, 0.3) is 0 Å². The molecule has 0 aromatic rings. The summed E-state index contributed by atoms with van der Waals surface area (Å²) in [6.07, 6.45) is 2.08. The lowest BCUT2D eigenvalue weighted by atomic mass is 10.5. The molecule has 0 aromatic carbocycles. The van der Waals surface area contributed by atoms with Crippen LogP contribution >= 0.6 is 0 Å². The number of hydrogen-bond donors (Lipinski definition) is 1. The SMILES string of the molecule is C[CH]CNCCOC. The fourth-order valence-corrected chi connectivity index (χ4v) is 0.421. The Morgan fingerprint density at radius 3 is 2.88 bits per heavy atom. The molecule has 2 nitrogen and oxygen atoms in total. The molecule has 0 bridgehead atoms. The molecule has 0 aliphatic rings. The number of hydrogen-bond acceptors (Lipinski definition) is 2. The highest BCUT2D eigenvalue weighted by molar-refractivity contribution is 4.58. The van der Waals surface area contributed by atoms with Crippen molar-refractivity contribution in [3.63, 3.8) is 0 Å². The van der Waals surface area contributed by atoms with Crippen LogP contribution in [0.5, 0.6) is 0 Å². The quantitative estimate of drug-likeness (QED) is 0.526. The van der Waals surface area contributed by atoms with Crippen LogP contribution in [0.3, 0.4) is 0 Å². The molecule has 0 spiro atoms. The molecule has 8 heavy (non-hydrogen) atoms. The van der Waals surface area contributed by atoms with E-state index in [0.717, 1.165) is 19.7 Å². The summed E-state index contributed by atoms with van der Waals surface area (Å²) >= 11 is 0. The van der Waals surface area contributed by atoms with E-state index < -0.39 is 0 Å². The monoisotopic (exact) mass is 116 g/mol. The van der Waals surface area contributed by atoms with Crippen LogP contribution in [0.1, 0.15) is 6.92 Å². The van der Waals surface area contributed by atoms with Crippen LogP contribution in [0.4, 0.5) is 0 Å². The minimum Gasteiger partial charge on any atom is -0.383 e. The molecular formula is C6H14NO. The highest BCUT2D eigenvalue weighted by Crippen LogP contribution is 1.67. The first-order valence-corrected chi connectivity index (χ1v) is 2.89. The van der Waals surface area contributed by atoms with E-state index in [2.05, 4.69) is 11.7 Å². The molecule has 0 saturated heterocycles. The molecule has 0 unspecified atom stereocenters. The van der Waals surface area contributed by atoms with Gasteiger partial charge in [0.2, 0.25) is 0 Å². The van der Waals surface area contributed by atoms with Crippen molar-refractivity contribution in [1.29, 1.82) is 0 Å². The van der Waals surface area contributed by atoms with Crippen LogP contribution in [-0.4, -0.2) is 26.8 Å². The molecule has 0 rings (SSSR count). The Kier molecular flexibility index (Phi) is 6.85. The molecular weight excluding hydrogens is 102 g/mol. The van der Waals surface area contributed by atoms with E-state index in [1.54, 1.807) is 7.11 Å². The topological polar surface area (TPSA) is 21.3 Å². The predicted molar refractivity (Wildman–Crippen MR) is 34.7 cm³/mol. The molecule has 0 atom stereocenters. The summed E-state index contributed by atoms with van der Waals surface area (Å²) in [5.41, 5.74) is 0. The maximum atomic E-state index is 4.81. The highest BCUT2D eigenvalue weighted by Gasteiger charge is 1.80. The number of methoxy groups -OCH3 is 1. The van der Waals surface area contributed by atoms with Crippen molar-refractivity contribution in [2.24, 2.45) is 0 Å². The van der Waals surface area contributed by atoms with E-state index in [9.17, 15) is 0 Å². The zero-order valence-electron chi connectivity index (χ0n) is 5.61. The van der Waals surface area contributed by atoms with Gasteiger partial charge in [-0.15, -0.1) is 0 Å². The minimum absolute atomic E-state index is 0.799. The van der Waals surface area contributed by atoms with Gasteiger partial charge in [-0.2, -0.15) is 0 Å². The molecule has 0 saturated carbocycles. The van der Waals surface area contributed by atoms with Crippen LogP contribution in [0.25, 0.3) is 0 Å². The van der Waals surface area contributed by atoms with Gasteiger partial charge in [-0.25, -0.2) is 0 Å². The van der Waals surface area contributed by atoms with E-state index in [1.807, 2.05) is 6.92 Å². The Labute approximate surface area is 51.2 Å². The third kappa shape index (κ3) is 5.92. The van der Waals surface area contributed by atoms with Gasteiger partial charge in [0.1, 0.15) is 0 Å². The smallest absolute Gasteiger partial charge is 0.0587 e. The Balaban J connectivity index is 2.53. The molecule has 49 valence electrons. The summed E-state index contributed by atoms with van der Waals surface area (Å²) in [7, 11) is 1.71. The lowest BCUT2D eigenvalue weighted by Gasteiger charge is -1.98. The minimum atomic E-state index is 0.799. The normalized spacial score (nSPS) is 9.75. The second-order valence-corrected chi connectivity index (χ2v) is 1.61. The molecule has 0 aliphatic heterocycles. The zero-order chi connectivity index (χ0) is 6.24. The summed E-state index contributed by atoms with van der Waals surface area (Å²) in [4.78, 5) is 0. The van der Waals surface area contributed by atoms with E-state index >= 15 is 0 Å². The van der Waals surface area contributed by atoms with Crippen LogP contribution < -0.4 is 5.32 Å². The predicted octanol–water partition coefficient (Wildman–Crippen LogP) is 0.447. The Bertz CT molecular complexity index is 33.5.